The minimum atomic E-state index is -3.05. The van der Waals surface area contributed by atoms with Gasteiger partial charge in [-0.05, 0) is 57.8 Å². The number of piperidine rings is 2. The molecule has 0 saturated carbocycles. The van der Waals surface area contributed by atoms with E-state index in [1.807, 2.05) is 6.92 Å². The van der Waals surface area contributed by atoms with E-state index in [-0.39, 0.29) is 18.4 Å². The fraction of sp³-hybridized carbons (Fsp3) is 1.00. The van der Waals surface area contributed by atoms with Crippen molar-refractivity contribution in [2.24, 2.45) is 5.92 Å². The van der Waals surface area contributed by atoms with Gasteiger partial charge in [0, 0.05) is 19.1 Å². The van der Waals surface area contributed by atoms with Crippen molar-refractivity contribution in [1.29, 1.82) is 0 Å². The first-order valence-electron chi connectivity index (χ1n) is 7.90. The highest BCUT2D eigenvalue weighted by Gasteiger charge is 2.29. The molecule has 2 rings (SSSR count). The van der Waals surface area contributed by atoms with Crippen LogP contribution in [0.2, 0.25) is 0 Å². The summed E-state index contributed by atoms with van der Waals surface area (Å²) in [6, 6.07) is 0.204. The van der Waals surface area contributed by atoms with Gasteiger partial charge >= 0.3 is 0 Å². The number of rotatable bonds is 5. The van der Waals surface area contributed by atoms with Crippen molar-refractivity contribution in [2.75, 3.05) is 45.5 Å². The predicted molar refractivity (Wildman–Crippen MR) is 89.5 cm³/mol. The van der Waals surface area contributed by atoms with E-state index in [1.165, 1.54) is 32.2 Å². The number of hydrogen-bond acceptors (Lipinski definition) is 4. The molecule has 0 aromatic rings. The molecule has 7 heteroatoms. The fourth-order valence-corrected chi connectivity index (χ4v) is 4.82. The zero-order valence-corrected chi connectivity index (χ0v) is 14.9. The quantitative estimate of drug-likeness (QED) is 0.816. The first kappa shape index (κ1) is 19.2. The summed E-state index contributed by atoms with van der Waals surface area (Å²) in [5.74, 6) is 0.775. The third kappa shape index (κ3) is 5.67. The van der Waals surface area contributed by atoms with Gasteiger partial charge in [0.25, 0.3) is 0 Å². The molecule has 2 aliphatic rings. The summed E-state index contributed by atoms with van der Waals surface area (Å²) in [7, 11) is -3.05. The van der Waals surface area contributed by atoms with E-state index in [4.69, 9.17) is 0 Å². The molecule has 1 atom stereocenters. The lowest BCUT2D eigenvalue weighted by Crippen LogP contribution is -2.48. The van der Waals surface area contributed by atoms with Gasteiger partial charge in [0.05, 0.1) is 6.26 Å². The van der Waals surface area contributed by atoms with Crippen molar-refractivity contribution in [2.45, 2.75) is 38.6 Å². The molecule has 0 radical (unpaired) electrons. The van der Waals surface area contributed by atoms with Gasteiger partial charge in [-0.1, -0.05) is 6.92 Å². The summed E-state index contributed by atoms with van der Waals surface area (Å²) < 4.78 is 25.2. The van der Waals surface area contributed by atoms with E-state index in [2.05, 4.69) is 10.2 Å². The smallest absolute Gasteiger partial charge is 0.211 e. The number of sulfonamides is 1. The molecule has 5 nitrogen and oxygen atoms in total. The molecule has 0 aromatic carbocycles. The summed E-state index contributed by atoms with van der Waals surface area (Å²) >= 11 is 0. The zero-order valence-electron chi connectivity index (χ0n) is 13.3. The van der Waals surface area contributed by atoms with Gasteiger partial charge in [-0.3, -0.25) is 0 Å². The number of likely N-dealkylation sites (tertiary alicyclic amines) is 1. The molecule has 1 unspecified atom stereocenters. The van der Waals surface area contributed by atoms with Crippen LogP contribution in [0.3, 0.4) is 0 Å². The molecule has 0 amide bonds. The molecular weight excluding hydrogens is 310 g/mol. The second-order valence-corrected chi connectivity index (χ2v) is 8.15. The van der Waals surface area contributed by atoms with Crippen LogP contribution in [0.4, 0.5) is 0 Å². The Balaban J connectivity index is 0.00000220. The number of hydrogen-bond donors (Lipinski definition) is 1. The first-order valence-corrected chi connectivity index (χ1v) is 9.75. The van der Waals surface area contributed by atoms with Gasteiger partial charge in [-0.2, -0.15) is 4.31 Å². The van der Waals surface area contributed by atoms with Gasteiger partial charge < -0.3 is 10.2 Å². The molecule has 0 aliphatic carbocycles. The first-order chi connectivity index (χ1) is 9.50. The number of nitrogens with one attached hydrogen (secondary N) is 1. The topological polar surface area (TPSA) is 52.6 Å². The average Bonchev–Trinajstić information content (AvgIpc) is 2.41. The highest BCUT2D eigenvalue weighted by atomic mass is 35.5. The number of nitrogens with zero attached hydrogens (tertiary/aromatic N) is 2. The van der Waals surface area contributed by atoms with E-state index in [9.17, 15) is 8.42 Å². The molecule has 2 saturated heterocycles. The van der Waals surface area contributed by atoms with Crippen LogP contribution in [0, 0.1) is 5.92 Å². The third-order valence-electron chi connectivity index (χ3n) is 4.62. The summed E-state index contributed by atoms with van der Waals surface area (Å²) in [6.45, 7) is 8.07. The highest BCUT2D eigenvalue weighted by molar-refractivity contribution is 7.88. The molecular formula is C14H30ClN3O2S. The van der Waals surface area contributed by atoms with E-state index in [0.717, 1.165) is 38.4 Å². The van der Waals surface area contributed by atoms with Crippen molar-refractivity contribution in [3.63, 3.8) is 0 Å². The highest BCUT2D eigenvalue weighted by Crippen LogP contribution is 2.21. The summed E-state index contributed by atoms with van der Waals surface area (Å²) in [4.78, 5) is 2.52. The Labute approximate surface area is 135 Å². The SMILES string of the molecule is CCN(C1CCN(CC2CCCNC2)CC1)S(C)(=O)=O.Cl. The molecule has 0 aromatic heterocycles. The normalized spacial score (nSPS) is 25.8. The Morgan fingerprint density at radius 2 is 1.90 bits per heavy atom. The molecule has 126 valence electrons. The molecule has 21 heavy (non-hydrogen) atoms. The Morgan fingerprint density at radius 1 is 1.24 bits per heavy atom. The van der Waals surface area contributed by atoms with Crippen molar-refractivity contribution in [3.05, 3.63) is 0 Å². The van der Waals surface area contributed by atoms with Crippen LogP contribution < -0.4 is 5.32 Å². The van der Waals surface area contributed by atoms with Crippen molar-refractivity contribution >= 4 is 22.4 Å². The molecule has 2 fully saturated rings. The Hall–Kier alpha value is 0.120. The predicted octanol–water partition coefficient (Wildman–Crippen LogP) is 1.15. The summed E-state index contributed by atoms with van der Waals surface area (Å²) in [6.07, 6.45) is 5.90. The van der Waals surface area contributed by atoms with Crippen LogP contribution in [0.5, 0.6) is 0 Å². The van der Waals surface area contributed by atoms with Gasteiger partial charge in [-0.25, -0.2) is 8.42 Å². The van der Waals surface area contributed by atoms with Crippen LogP contribution >= 0.6 is 12.4 Å². The average molecular weight is 340 g/mol. The van der Waals surface area contributed by atoms with Crippen molar-refractivity contribution < 1.29 is 8.42 Å². The Bertz CT molecular complexity index is 391. The molecule has 2 aliphatic heterocycles. The second kappa shape index (κ2) is 8.67. The maximum absolute atomic E-state index is 11.8. The number of halogens is 1. The summed E-state index contributed by atoms with van der Waals surface area (Å²) in [5, 5.41) is 3.47. The molecule has 1 N–H and O–H groups in total. The molecule has 2 heterocycles. The van der Waals surface area contributed by atoms with Crippen LogP contribution in [0.25, 0.3) is 0 Å². The van der Waals surface area contributed by atoms with Crippen LogP contribution in [0.15, 0.2) is 0 Å². The molecule has 0 bridgehead atoms. The lowest BCUT2D eigenvalue weighted by molar-refractivity contribution is 0.136. The Kier molecular flexibility index (Phi) is 7.92. The lowest BCUT2D eigenvalue weighted by Gasteiger charge is -2.38. The van der Waals surface area contributed by atoms with Gasteiger partial charge in [0.2, 0.25) is 10.0 Å². The standard InChI is InChI=1S/C14H29N3O2S.ClH/c1-3-17(20(2,18)19)14-6-9-16(10-7-14)12-13-5-4-8-15-11-13;/h13-15H,3-12H2,1-2H3;1H. The minimum Gasteiger partial charge on any atom is -0.316 e. The van der Waals surface area contributed by atoms with Gasteiger partial charge in [0.15, 0.2) is 0 Å². The maximum Gasteiger partial charge on any atom is 0.211 e. The zero-order chi connectivity index (χ0) is 14.6. The van der Waals surface area contributed by atoms with Crippen LogP contribution in [-0.4, -0.2) is 69.2 Å². The van der Waals surface area contributed by atoms with E-state index in [1.54, 1.807) is 4.31 Å². The largest absolute Gasteiger partial charge is 0.316 e. The van der Waals surface area contributed by atoms with Gasteiger partial charge in [-0.15, -0.1) is 12.4 Å². The second-order valence-electron chi connectivity index (χ2n) is 6.21. The van der Waals surface area contributed by atoms with Crippen molar-refractivity contribution in [3.8, 4) is 0 Å². The maximum atomic E-state index is 11.8. The van der Waals surface area contributed by atoms with Gasteiger partial charge in [0.1, 0.15) is 0 Å². The Morgan fingerprint density at radius 3 is 2.38 bits per heavy atom. The van der Waals surface area contributed by atoms with E-state index in [0.29, 0.717) is 6.54 Å². The monoisotopic (exact) mass is 339 g/mol. The van der Waals surface area contributed by atoms with E-state index < -0.39 is 10.0 Å². The molecule has 0 spiro atoms. The fourth-order valence-electron chi connectivity index (χ4n) is 3.60. The third-order valence-corrected chi connectivity index (χ3v) is 6.03. The lowest BCUT2D eigenvalue weighted by atomic mass is 9.97. The summed E-state index contributed by atoms with van der Waals surface area (Å²) in [5.41, 5.74) is 0. The van der Waals surface area contributed by atoms with Crippen LogP contribution in [-0.2, 0) is 10.0 Å². The van der Waals surface area contributed by atoms with Crippen molar-refractivity contribution in [1.82, 2.24) is 14.5 Å². The van der Waals surface area contributed by atoms with E-state index >= 15 is 0 Å². The van der Waals surface area contributed by atoms with Crippen LogP contribution in [0.1, 0.15) is 32.6 Å². The minimum absolute atomic E-state index is 0.